The summed E-state index contributed by atoms with van der Waals surface area (Å²) in [5.41, 5.74) is -1.54. The highest BCUT2D eigenvalue weighted by Gasteiger charge is 2.54. The van der Waals surface area contributed by atoms with Crippen LogP contribution in [0.5, 0.6) is 0 Å². The van der Waals surface area contributed by atoms with Gasteiger partial charge in [-0.2, -0.15) is 5.10 Å². The van der Waals surface area contributed by atoms with E-state index in [0.717, 1.165) is 9.91 Å². The van der Waals surface area contributed by atoms with Crippen molar-refractivity contribution in [3.63, 3.8) is 0 Å². The summed E-state index contributed by atoms with van der Waals surface area (Å²) >= 11 is 0. The average molecular weight is 361 g/mol. The van der Waals surface area contributed by atoms with Crippen LogP contribution in [0.15, 0.2) is 35.4 Å². The van der Waals surface area contributed by atoms with Crippen LogP contribution in [0, 0.1) is 0 Å². The van der Waals surface area contributed by atoms with Crippen LogP contribution in [0.4, 0.5) is 4.79 Å². The van der Waals surface area contributed by atoms with Gasteiger partial charge >= 0.3 is 12.1 Å². The van der Waals surface area contributed by atoms with Crippen LogP contribution in [-0.4, -0.2) is 63.4 Å². The number of hydrogen-bond donors (Lipinski definition) is 1. The molecule has 0 bridgehead atoms. The lowest BCUT2D eigenvalue weighted by molar-refractivity contribution is -0.142. The average Bonchev–Trinajstić information content (AvgIpc) is 2.76. The molecule has 0 spiro atoms. The van der Waals surface area contributed by atoms with Crippen LogP contribution in [0.1, 0.15) is 33.3 Å². The molecular weight excluding hydrogens is 338 g/mol. The number of likely N-dealkylation sites (N-methyl/N-ethyl adjacent to an activating group) is 1. The Morgan fingerprint density at radius 2 is 1.85 bits per heavy atom. The van der Waals surface area contributed by atoms with Gasteiger partial charge in [-0.3, -0.25) is 14.5 Å². The second-order valence-electron chi connectivity index (χ2n) is 7.18. The minimum absolute atomic E-state index is 0.290. The molecule has 1 N–H and O–H groups in total. The second kappa shape index (κ2) is 6.78. The highest BCUT2D eigenvalue weighted by molar-refractivity contribution is 6.24. The first-order valence-corrected chi connectivity index (χ1v) is 8.12. The lowest BCUT2D eigenvalue weighted by atomic mass is 9.88. The topological polar surface area (TPSA) is 99.5 Å². The van der Waals surface area contributed by atoms with Gasteiger partial charge in [0, 0.05) is 12.6 Å². The van der Waals surface area contributed by atoms with Crippen LogP contribution in [0.2, 0.25) is 0 Å². The third kappa shape index (κ3) is 3.68. The molecule has 140 valence electrons. The van der Waals surface area contributed by atoms with E-state index in [1.807, 2.05) is 6.07 Å². The van der Waals surface area contributed by atoms with E-state index in [1.54, 1.807) is 45.0 Å². The van der Waals surface area contributed by atoms with E-state index >= 15 is 0 Å². The Morgan fingerprint density at radius 3 is 2.35 bits per heavy atom. The number of rotatable bonds is 4. The van der Waals surface area contributed by atoms with Gasteiger partial charge in [0.05, 0.1) is 0 Å². The molecule has 1 aliphatic rings. The van der Waals surface area contributed by atoms with Gasteiger partial charge in [-0.15, -0.1) is 0 Å². The van der Waals surface area contributed by atoms with Gasteiger partial charge in [-0.25, -0.2) is 9.80 Å². The summed E-state index contributed by atoms with van der Waals surface area (Å²) in [6.07, 6.45) is -0.894. The molecule has 0 aliphatic carbocycles. The second-order valence-corrected chi connectivity index (χ2v) is 7.18. The molecule has 0 saturated carbocycles. The third-order valence-electron chi connectivity index (χ3n) is 3.92. The fourth-order valence-corrected chi connectivity index (χ4v) is 2.74. The molecule has 1 heterocycles. The van der Waals surface area contributed by atoms with Crippen LogP contribution < -0.4 is 0 Å². The van der Waals surface area contributed by atoms with Crippen LogP contribution in [0.3, 0.4) is 0 Å². The molecule has 1 unspecified atom stereocenters. The minimum atomic E-state index is -1.60. The molecule has 26 heavy (non-hydrogen) atoms. The highest BCUT2D eigenvalue weighted by Crippen LogP contribution is 2.31. The van der Waals surface area contributed by atoms with Crippen LogP contribution in [0.25, 0.3) is 0 Å². The number of hydrogen-bond acceptors (Lipinski definition) is 5. The highest BCUT2D eigenvalue weighted by atomic mass is 16.6. The van der Waals surface area contributed by atoms with Gasteiger partial charge in [0.25, 0.3) is 5.91 Å². The monoisotopic (exact) mass is 361 g/mol. The molecule has 0 fully saturated rings. The van der Waals surface area contributed by atoms with E-state index < -0.39 is 35.7 Å². The van der Waals surface area contributed by atoms with Crippen molar-refractivity contribution in [3.8, 4) is 0 Å². The Bertz CT molecular complexity index is 754. The summed E-state index contributed by atoms with van der Waals surface area (Å²) in [5.74, 6) is -1.77. The number of ether oxygens (including phenoxy) is 1. The number of carboxylic acids is 1. The van der Waals surface area contributed by atoms with Crippen molar-refractivity contribution in [1.82, 2.24) is 9.91 Å². The zero-order valence-corrected chi connectivity index (χ0v) is 15.5. The van der Waals surface area contributed by atoms with Gasteiger partial charge in [0.15, 0.2) is 5.54 Å². The zero-order valence-electron chi connectivity index (χ0n) is 15.5. The first-order chi connectivity index (χ1) is 12.0. The molecule has 2 rings (SSSR count). The normalized spacial score (nSPS) is 20.0. The van der Waals surface area contributed by atoms with E-state index in [1.165, 1.54) is 14.0 Å². The predicted octanol–water partition coefficient (Wildman–Crippen LogP) is 1.94. The summed E-state index contributed by atoms with van der Waals surface area (Å²) in [6, 6.07) is 8.85. The number of carbonyl (C=O) groups is 3. The van der Waals surface area contributed by atoms with Crippen molar-refractivity contribution in [3.05, 3.63) is 35.9 Å². The van der Waals surface area contributed by atoms with Crippen molar-refractivity contribution in [2.75, 3.05) is 13.6 Å². The molecular formula is C18H23N3O5. The fraction of sp³-hybridized carbons (Fsp3) is 0.444. The van der Waals surface area contributed by atoms with Gasteiger partial charge in [-0.1, -0.05) is 30.3 Å². The molecule has 8 heteroatoms. The van der Waals surface area contributed by atoms with Crippen molar-refractivity contribution >= 4 is 23.7 Å². The molecule has 0 saturated heterocycles. The molecule has 1 aliphatic heterocycles. The summed E-state index contributed by atoms with van der Waals surface area (Å²) < 4.78 is 5.34. The Hall–Kier alpha value is -2.90. The molecule has 1 atom stereocenters. The van der Waals surface area contributed by atoms with E-state index in [9.17, 15) is 19.5 Å². The maximum atomic E-state index is 12.9. The maximum absolute atomic E-state index is 12.9. The number of hydrazone groups is 1. The Kier molecular flexibility index (Phi) is 5.06. The third-order valence-corrected chi connectivity index (χ3v) is 3.92. The number of carbonyl (C=O) groups excluding carboxylic acids is 2. The maximum Gasteiger partial charge on any atom is 0.412 e. The minimum Gasteiger partial charge on any atom is -0.480 e. The first-order valence-electron chi connectivity index (χ1n) is 8.12. The smallest absolute Gasteiger partial charge is 0.412 e. The van der Waals surface area contributed by atoms with Crippen molar-refractivity contribution in [2.45, 2.75) is 38.8 Å². The van der Waals surface area contributed by atoms with E-state index in [4.69, 9.17) is 4.74 Å². The molecule has 1 aromatic carbocycles. The first kappa shape index (κ1) is 19.4. The van der Waals surface area contributed by atoms with Gasteiger partial charge in [-0.05, 0) is 27.7 Å². The Morgan fingerprint density at radius 1 is 1.27 bits per heavy atom. The molecule has 1 aromatic rings. The van der Waals surface area contributed by atoms with Gasteiger partial charge in [0.1, 0.15) is 17.9 Å². The standard InChI is InChI=1S/C18H23N3O5/c1-17(2,3)26-16(25)21(11-13(22)23)18(4)14(19-20(5)15(18)24)12-9-7-6-8-10-12/h6-10H,11H2,1-5H3,(H,22,23). The van der Waals surface area contributed by atoms with Crippen molar-refractivity contribution in [2.24, 2.45) is 5.10 Å². The Labute approximate surface area is 152 Å². The number of amides is 2. The largest absolute Gasteiger partial charge is 0.480 e. The quantitative estimate of drug-likeness (QED) is 0.883. The number of nitrogens with zero attached hydrogens (tertiary/aromatic N) is 3. The van der Waals surface area contributed by atoms with Gasteiger partial charge < -0.3 is 9.84 Å². The number of carboxylic acid groups (broad SMARTS) is 1. The van der Waals surface area contributed by atoms with E-state index in [-0.39, 0.29) is 5.71 Å². The van der Waals surface area contributed by atoms with E-state index in [0.29, 0.717) is 5.56 Å². The predicted molar refractivity (Wildman–Crippen MR) is 94.7 cm³/mol. The van der Waals surface area contributed by atoms with Crippen molar-refractivity contribution < 1.29 is 24.2 Å². The van der Waals surface area contributed by atoms with Crippen LogP contribution >= 0.6 is 0 Å². The zero-order chi connectivity index (χ0) is 19.7. The van der Waals surface area contributed by atoms with E-state index in [2.05, 4.69) is 5.10 Å². The lowest BCUT2D eigenvalue weighted by Crippen LogP contribution is -2.61. The summed E-state index contributed by atoms with van der Waals surface area (Å²) in [6.45, 7) is 5.79. The molecule has 0 radical (unpaired) electrons. The number of benzene rings is 1. The SMILES string of the molecule is CN1N=C(c2ccccc2)C(C)(N(CC(=O)O)C(=O)OC(C)(C)C)C1=O. The van der Waals surface area contributed by atoms with Crippen molar-refractivity contribution in [1.29, 1.82) is 0 Å². The fourth-order valence-electron chi connectivity index (χ4n) is 2.74. The molecule has 8 nitrogen and oxygen atoms in total. The number of aliphatic carboxylic acids is 1. The summed E-state index contributed by atoms with van der Waals surface area (Å²) in [5, 5.41) is 14.7. The summed E-state index contributed by atoms with van der Waals surface area (Å²) in [4.78, 5) is 37.9. The van der Waals surface area contributed by atoms with Crippen LogP contribution in [-0.2, 0) is 14.3 Å². The molecule has 2 amide bonds. The Balaban J connectivity index is 2.55. The lowest BCUT2D eigenvalue weighted by Gasteiger charge is -2.37. The summed E-state index contributed by atoms with van der Waals surface area (Å²) in [7, 11) is 1.46. The molecule has 0 aromatic heterocycles. The van der Waals surface area contributed by atoms with Gasteiger partial charge in [0.2, 0.25) is 0 Å².